The predicted molar refractivity (Wildman–Crippen MR) is 137 cm³/mol. The number of carbonyl (C=O) groups is 1. The van der Waals surface area contributed by atoms with Gasteiger partial charge in [-0.1, -0.05) is 24.3 Å². The smallest absolute Gasteiger partial charge is 0.253 e. The first-order valence-corrected chi connectivity index (χ1v) is 12.2. The zero-order valence-corrected chi connectivity index (χ0v) is 19.8. The van der Waals surface area contributed by atoms with E-state index < -0.39 is 0 Å². The molecule has 0 atom stereocenters. The Morgan fingerprint density at radius 1 is 1.06 bits per heavy atom. The number of imidazole rings is 1. The second-order valence-corrected chi connectivity index (χ2v) is 9.35. The molecule has 5 aromatic rings. The number of fused-ring (bicyclic) bond motifs is 2. The number of nitrogens with zero attached hydrogens (tertiary/aromatic N) is 3. The van der Waals surface area contributed by atoms with Crippen molar-refractivity contribution in [2.45, 2.75) is 32.3 Å². The van der Waals surface area contributed by atoms with Gasteiger partial charge < -0.3 is 19.0 Å². The van der Waals surface area contributed by atoms with Gasteiger partial charge in [-0.2, -0.15) is 0 Å². The molecule has 35 heavy (non-hydrogen) atoms. The van der Waals surface area contributed by atoms with E-state index in [1.165, 1.54) is 16.6 Å². The third-order valence-electron chi connectivity index (χ3n) is 6.99. The van der Waals surface area contributed by atoms with Crippen LogP contribution in [0, 0.1) is 6.92 Å². The van der Waals surface area contributed by atoms with Gasteiger partial charge in [0.15, 0.2) is 0 Å². The van der Waals surface area contributed by atoms with E-state index >= 15 is 0 Å². The van der Waals surface area contributed by atoms with Crippen LogP contribution in [0.1, 0.15) is 46.1 Å². The summed E-state index contributed by atoms with van der Waals surface area (Å²) < 4.78 is 7.94. The molecule has 6 heteroatoms. The van der Waals surface area contributed by atoms with Crippen molar-refractivity contribution >= 4 is 22.5 Å². The number of hydrogen-bond donors (Lipinski definition) is 1. The number of H-pyrrole nitrogens is 1. The fraction of sp³-hybridized carbons (Fsp3) is 0.241. The highest BCUT2D eigenvalue weighted by Gasteiger charge is 2.25. The molecule has 1 N–H and O–H groups in total. The molecule has 0 spiro atoms. The minimum Gasteiger partial charge on any atom is -0.487 e. The van der Waals surface area contributed by atoms with Crippen LogP contribution in [0.15, 0.2) is 79.1 Å². The van der Waals surface area contributed by atoms with Gasteiger partial charge in [-0.3, -0.25) is 4.79 Å². The highest BCUT2D eigenvalue weighted by atomic mass is 16.5. The Morgan fingerprint density at radius 3 is 2.63 bits per heavy atom. The van der Waals surface area contributed by atoms with Crippen LogP contribution in [-0.2, 0) is 6.61 Å². The number of aromatic amines is 1. The molecule has 0 bridgehead atoms. The molecular formula is C29H28N4O2. The van der Waals surface area contributed by atoms with Crippen molar-refractivity contribution in [3.05, 3.63) is 102 Å². The molecule has 3 aromatic heterocycles. The highest BCUT2D eigenvalue weighted by molar-refractivity contribution is 5.94. The minimum absolute atomic E-state index is 0.0856. The number of aromatic nitrogens is 3. The topological polar surface area (TPSA) is 62.6 Å². The summed E-state index contributed by atoms with van der Waals surface area (Å²) in [7, 11) is 0. The molecule has 0 saturated carbocycles. The summed E-state index contributed by atoms with van der Waals surface area (Å²) >= 11 is 0. The second-order valence-electron chi connectivity index (χ2n) is 9.35. The predicted octanol–water partition coefficient (Wildman–Crippen LogP) is 5.72. The van der Waals surface area contributed by atoms with Crippen molar-refractivity contribution in [1.29, 1.82) is 0 Å². The molecule has 2 aromatic carbocycles. The van der Waals surface area contributed by atoms with Gasteiger partial charge >= 0.3 is 0 Å². The SMILES string of the molecule is Cc1cccn2cc(COc3ccc(C(=O)N4CCC(c5cc6ccccc6[nH]5)CC4)cc3)nc12. The van der Waals surface area contributed by atoms with E-state index in [9.17, 15) is 4.79 Å². The number of nitrogens with one attached hydrogen (secondary N) is 1. The standard InChI is InChI=1S/C29H28N4O2/c1-20-5-4-14-33-18-24(30-28(20)33)19-35-25-10-8-22(9-11-25)29(34)32-15-12-21(13-16-32)27-17-23-6-2-3-7-26(23)31-27/h2-11,14,17-18,21,31H,12-13,15-16,19H2,1H3. The van der Waals surface area contributed by atoms with Crippen molar-refractivity contribution in [1.82, 2.24) is 19.3 Å². The van der Waals surface area contributed by atoms with Crippen LogP contribution in [0.25, 0.3) is 16.6 Å². The first kappa shape index (κ1) is 21.5. The maximum atomic E-state index is 13.1. The lowest BCUT2D eigenvalue weighted by Crippen LogP contribution is -2.37. The molecule has 1 fully saturated rings. The fourth-order valence-corrected chi connectivity index (χ4v) is 5.02. The number of hydrogen-bond acceptors (Lipinski definition) is 3. The number of piperidine rings is 1. The Labute approximate surface area is 204 Å². The normalized spacial score (nSPS) is 14.6. The Kier molecular flexibility index (Phi) is 5.49. The lowest BCUT2D eigenvalue weighted by molar-refractivity contribution is 0.0712. The van der Waals surface area contributed by atoms with Gasteiger partial charge in [0.25, 0.3) is 5.91 Å². The number of carbonyl (C=O) groups excluding carboxylic acids is 1. The minimum atomic E-state index is 0.0856. The summed E-state index contributed by atoms with van der Waals surface area (Å²) in [6, 6.07) is 22.1. The van der Waals surface area contributed by atoms with Crippen molar-refractivity contribution in [2.24, 2.45) is 0 Å². The van der Waals surface area contributed by atoms with E-state index in [-0.39, 0.29) is 5.91 Å². The zero-order chi connectivity index (χ0) is 23.8. The van der Waals surface area contributed by atoms with Gasteiger partial charge in [-0.05, 0) is 73.2 Å². The number of rotatable bonds is 5. The molecule has 1 aliphatic rings. The van der Waals surface area contributed by atoms with E-state index in [2.05, 4.69) is 40.3 Å². The van der Waals surface area contributed by atoms with Gasteiger partial charge in [0, 0.05) is 48.2 Å². The number of likely N-dealkylation sites (tertiary alicyclic amines) is 1. The molecule has 6 rings (SSSR count). The Balaban J connectivity index is 1.05. The van der Waals surface area contributed by atoms with Crippen LogP contribution < -0.4 is 4.74 Å². The Morgan fingerprint density at radius 2 is 1.86 bits per heavy atom. The van der Waals surface area contributed by atoms with E-state index in [1.54, 1.807) is 0 Å². The number of pyridine rings is 1. The van der Waals surface area contributed by atoms with Crippen LogP contribution in [0.5, 0.6) is 5.75 Å². The number of para-hydroxylation sites is 1. The van der Waals surface area contributed by atoms with Gasteiger partial charge in [0.05, 0.1) is 5.69 Å². The maximum Gasteiger partial charge on any atom is 0.253 e. The molecule has 4 heterocycles. The van der Waals surface area contributed by atoms with E-state index in [0.717, 1.165) is 48.6 Å². The zero-order valence-electron chi connectivity index (χ0n) is 19.8. The average Bonchev–Trinajstić information content (AvgIpc) is 3.52. The van der Waals surface area contributed by atoms with E-state index in [0.29, 0.717) is 18.1 Å². The number of ether oxygens (including phenoxy) is 1. The van der Waals surface area contributed by atoms with Gasteiger partial charge in [-0.15, -0.1) is 0 Å². The monoisotopic (exact) mass is 464 g/mol. The number of aryl methyl sites for hydroxylation is 1. The molecule has 1 amide bonds. The van der Waals surface area contributed by atoms with Crippen LogP contribution in [0.3, 0.4) is 0 Å². The quantitative estimate of drug-likeness (QED) is 0.362. The molecule has 0 radical (unpaired) electrons. The molecular weight excluding hydrogens is 436 g/mol. The summed E-state index contributed by atoms with van der Waals surface area (Å²) in [6.45, 7) is 3.97. The first-order chi connectivity index (χ1) is 17.1. The van der Waals surface area contributed by atoms with Gasteiger partial charge in [0.1, 0.15) is 18.0 Å². The van der Waals surface area contributed by atoms with Crippen LogP contribution in [0.2, 0.25) is 0 Å². The third kappa shape index (κ3) is 4.28. The first-order valence-electron chi connectivity index (χ1n) is 12.2. The fourth-order valence-electron chi connectivity index (χ4n) is 5.02. The molecule has 0 unspecified atom stereocenters. The number of amides is 1. The maximum absolute atomic E-state index is 13.1. The Hall–Kier alpha value is -4.06. The second kappa shape index (κ2) is 8.95. The lowest BCUT2D eigenvalue weighted by Gasteiger charge is -2.31. The number of benzene rings is 2. The molecule has 1 saturated heterocycles. The highest BCUT2D eigenvalue weighted by Crippen LogP contribution is 2.30. The summed E-state index contributed by atoms with van der Waals surface area (Å²) in [5.41, 5.74) is 6.11. The van der Waals surface area contributed by atoms with Crippen LogP contribution in [0.4, 0.5) is 0 Å². The van der Waals surface area contributed by atoms with Crippen molar-refractivity contribution in [3.63, 3.8) is 0 Å². The Bertz CT molecular complexity index is 1460. The van der Waals surface area contributed by atoms with Crippen molar-refractivity contribution in [2.75, 3.05) is 13.1 Å². The molecule has 6 nitrogen and oxygen atoms in total. The van der Waals surface area contributed by atoms with E-state index in [4.69, 9.17) is 4.74 Å². The largest absolute Gasteiger partial charge is 0.487 e. The molecule has 1 aliphatic heterocycles. The molecule has 176 valence electrons. The van der Waals surface area contributed by atoms with Crippen LogP contribution >= 0.6 is 0 Å². The van der Waals surface area contributed by atoms with Crippen molar-refractivity contribution < 1.29 is 9.53 Å². The summed E-state index contributed by atoms with van der Waals surface area (Å²) in [5.74, 6) is 1.28. The van der Waals surface area contributed by atoms with Crippen LogP contribution in [-0.4, -0.2) is 38.3 Å². The van der Waals surface area contributed by atoms with E-state index in [1.807, 2.05) is 65.0 Å². The molecule has 0 aliphatic carbocycles. The summed E-state index contributed by atoms with van der Waals surface area (Å²) in [6.07, 6.45) is 5.92. The average molecular weight is 465 g/mol. The summed E-state index contributed by atoms with van der Waals surface area (Å²) in [4.78, 5) is 23.2. The lowest BCUT2D eigenvalue weighted by atomic mass is 9.93. The summed E-state index contributed by atoms with van der Waals surface area (Å²) in [5, 5.41) is 1.25. The van der Waals surface area contributed by atoms with Gasteiger partial charge in [0.2, 0.25) is 0 Å². The van der Waals surface area contributed by atoms with Gasteiger partial charge in [-0.25, -0.2) is 4.98 Å². The van der Waals surface area contributed by atoms with Crippen molar-refractivity contribution in [3.8, 4) is 5.75 Å². The third-order valence-corrected chi connectivity index (χ3v) is 6.99.